The summed E-state index contributed by atoms with van der Waals surface area (Å²) in [5.41, 5.74) is 0.527. The monoisotopic (exact) mass is 316 g/mol. The topological polar surface area (TPSA) is 60.3 Å². The summed E-state index contributed by atoms with van der Waals surface area (Å²) in [5.74, 6) is 0.147. The zero-order chi connectivity index (χ0) is 16.6. The number of carbonyl (C=O) groups is 1. The number of ether oxygens (including phenoxy) is 1. The van der Waals surface area contributed by atoms with Gasteiger partial charge in [0.2, 0.25) is 0 Å². The highest BCUT2D eigenvalue weighted by Gasteiger charge is 2.41. The van der Waals surface area contributed by atoms with Crippen LogP contribution in [0.15, 0.2) is 35.6 Å². The van der Waals surface area contributed by atoms with E-state index >= 15 is 0 Å². The lowest BCUT2D eigenvalue weighted by Crippen LogP contribution is -2.55. The number of rotatable bonds is 4. The Kier molecular flexibility index (Phi) is 4.15. The molecule has 0 radical (unpaired) electrons. The Labute approximate surface area is 136 Å². The SMILES string of the molecule is C=CCC(C)(C)OC(=O)C1NC[C@H]2C[C@@H]1Cn1c2cccc1=O. The summed E-state index contributed by atoms with van der Waals surface area (Å²) in [7, 11) is 0. The first-order valence-electron chi connectivity index (χ1n) is 8.18. The van der Waals surface area contributed by atoms with Crippen LogP contribution < -0.4 is 10.9 Å². The summed E-state index contributed by atoms with van der Waals surface area (Å²) in [6, 6.07) is 5.05. The molecule has 0 saturated carbocycles. The summed E-state index contributed by atoms with van der Waals surface area (Å²) in [5, 5.41) is 3.33. The van der Waals surface area contributed by atoms with E-state index in [9.17, 15) is 9.59 Å². The molecular weight excluding hydrogens is 292 g/mol. The Hall–Kier alpha value is -1.88. The zero-order valence-electron chi connectivity index (χ0n) is 13.7. The maximum Gasteiger partial charge on any atom is 0.324 e. The van der Waals surface area contributed by atoms with Crippen molar-refractivity contribution in [3.8, 4) is 0 Å². The lowest BCUT2D eigenvalue weighted by atomic mass is 9.79. The molecule has 1 unspecified atom stereocenters. The van der Waals surface area contributed by atoms with Gasteiger partial charge in [-0.3, -0.25) is 9.59 Å². The fourth-order valence-electron chi connectivity index (χ4n) is 3.75. The Morgan fingerprint density at radius 2 is 2.30 bits per heavy atom. The van der Waals surface area contributed by atoms with E-state index in [0.29, 0.717) is 19.5 Å². The number of nitrogens with zero attached hydrogens (tertiary/aromatic N) is 1. The van der Waals surface area contributed by atoms with Crippen LogP contribution in [-0.4, -0.2) is 28.7 Å². The molecule has 0 aliphatic carbocycles. The molecule has 1 aromatic heterocycles. The van der Waals surface area contributed by atoms with E-state index in [1.807, 2.05) is 30.5 Å². The lowest BCUT2D eigenvalue weighted by Gasteiger charge is -2.42. The second kappa shape index (κ2) is 5.96. The minimum Gasteiger partial charge on any atom is -0.458 e. The second-order valence-electron chi connectivity index (χ2n) is 7.15. The fraction of sp³-hybridized carbons (Fsp3) is 0.556. The standard InChI is InChI=1S/C18H24N2O3/c1-4-8-18(2,3)23-17(22)16-13-9-12(10-19-16)14-6-5-7-15(21)20(14)11-13/h4-7,12-13,16,19H,1,8-11H2,2-3H3/t12-,13-,16?/m1/s1. The highest BCUT2D eigenvalue weighted by Crippen LogP contribution is 2.35. The molecule has 0 spiro atoms. The minimum atomic E-state index is -0.555. The predicted octanol–water partition coefficient (Wildman–Crippen LogP) is 1.82. The first-order valence-corrected chi connectivity index (χ1v) is 8.18. The predicted molar refractivity (Wildman–Crippen MR) is 88.3 cm³/mol. The van der Waals surface area contributed by atoms with Crippen molar-refractivity contribution in [2.45, 2.75) is 50.8 Å². The van der Waals surface area contributed by atoms with Gasteiger partial charge in [0.25, 0.3) is 5.56 Å². The van der Waals surface area contributed by atoms with E-state index in [4.69, 9.17) is 4.74 Å². The van der Waals surface area contributed by atoms with Gasteiger partial charge in [-0.05, 0) is 26.3 Å². The van der Waals surface area contributed by atoms with Crippen LogP contribution in [-0.2, 0) is 16.1 Å². The van der Waals surface area contributed by atoms with Crippen LogP contribution >= 0.6 is 0 Å². The summed E-state index contributed by atoms with van der Waals surface area (Å²) >= 11 is 0. The maximum absolute atomic E-state index is 12.6. The van der Waals surface area contributed by atoms with E-state index in [1.165, 1.54) is 0 Å². The number of hydrogen-bond donors (Lipinski definition) is 1. The van der Waals surface area contributed by atoms with E-state index in [0.717, 1.165) is 12.1 Å². The van der Waals surface area contributed by atoms with Crippen LogP contribution in [0.1, 0.15) is 38.3 Å². The summed E-state index contributed by atoms with van der Waals surface area (Å²) < 4.78 is 7.48. The number of hydrogen-bond acceptors (Lipinski definition) is 4. The molecule has 3 atom stereocenters. The fourth-order valence-corrected chi connectivity index (χ4v) is 3.75. The first-order chi connectivity index (χ1) is 10.9. The molecule has 0 aromatic carbocycles. The van der Waals surface area contributed by atoms with Crippen molar-refractivity contribution in [1.82, 2.24) is 9.88 Å². The smallest absolute Gasteiger partial charge is 0.324 e. The third-order valence-electron chi connectivity index (χ3n) is 4.83. The Bertz CT molecular complexity index is 677. The molecule has 2 bridgehead atoms. The molecule has 1 fully saturated rings. The van der Waals surface area contributed by atoms with Crippen LogP contribution in [0.4, 0.5) is 0 Å². The van der Waals surface area contributed by atoms with Crippen molar-refractivity contribution in [2.75, 3.05) is 6.54 Å². The number of nitrogens with one attached hydrogen (secondary N) is 1. The van der Waals surface area contributed by atoms with Crippen LogP contribution in [0.5, 0.6) is 0 Å². The molecule has 1 N–H and O–H groups in total. The number of esters is 1. The van der Waals surface area contributed by atoms with Crippen LogP contribution in [0.25, 0.3) is 0 Å². The van der Waals surface area contributed by atoms with Crippen LogP contribution in [0.2, 0.25) is 0 Å². The van der Waals surface area contributed by atoms with Gasteiger partial charge in [0.1, 0.15) is 11.6 Å². The van der Waals surface area contributed by atoms with Gasteiger partial charge in [0.05, 0.1) is 0 Å². The van der Waals surface area contributed by atoms with Crippen molar-refractivity contribution in [2.24, 2.45) is 5.92 Å². The van der Waals surface area contributed by atoms with E-state index in [-0.39, 0.29) is 29.4 Å². The molecule has 0 amide bonds. The number of fused-ring (bicyclic) bond motifs is 4. The number of pyridine rings is 1. The first kappa shape index (κ1) is 16.0. The van der Waals surface area contributed by atoms with E-state index in [1.54, 1.807) is 12.1 Å². The highest BCUT2D eigenvalue weighted by molar-refractivity contribution is 5.77. The minimum absolute atomic E-state index is 0.0122. The third kappa shape index (κ3) is 3.11. The molecule has 124 valence electrons. The van der Waals surface area contributed by atoms with Crippen molar-refractivity contribution in [1.29, 1.82) is 0 Å². The van der Waals surface area contributed by atoms with Gasteiger partial charge in [-0.15, -0.1) is 6.58 Å². The van der Waals surface area contributed by atoms with Gasteiger partial charge in [-0.25, -0.2) is 0 Å². The molecule has 5 nitrogen and oxygen atoms in total. The van der Waals surface area contributed by atoms with E-state index in [2.05, 4.69) is 11.9 Å². The quantitative estimate of drug-likeness (QED) is 0.680. The van der Waals surface area contributed by atoms with Gasteiger partial charge < -0.3 is 14.6 Å². The van der Waals surface area contributed by atoms with Crippen molar-refractivity contribution < 1.29 is 9.53 Å². The zero-order valence-corrected chi connectivity index (χ0v) is 13.7. The molecule has 23 heavy (non-hydrogen) atoms. The molecule has 1 saturated heterocycles. The van der Waals surface area contributed by atoms with E-state index < -0.39 is 5.60 Å². The molecular formula is C18H24N2O3. The highest BCUT2D eigenvalue weighted by atomic mass is 16.6. The Balaban J connectivity index is 1.78. The van der Waals surface area contributed by atoms with Crippen molar-refractivity contribution in [3.05, 3.63) is 46.9 Å². The lowest BCUT2D eigenvalue weighted by molar-refractivity contribution is -0.161. The van der Waals surface area contributed by atoms with Gasteiger partial charge in [-0.2, -0.15) is 0 Å². The Morgan fingerprint density at radius 3 is 3.04 bits per heavy atom. The largest absolute Gasteiger partial charge is 0.458 e. The normalized spacial score (nSPS) is 26.3. The molecule has 3 rings (SSSR count). The van der Waals surface area contributed by atoms with Gasteiger partial charge in [0.15, 0.2) is 0 Å². The second-order valence-corrected chi connectivity index (χ2v) is 7.15. The Morgan fingerprint density at radius 1 is 1.52 bits per heavy atom. The van der Waals surface area contributed by atoms with Gasteiger partial charge in [-0.1, -0.05) is 12.1 Å². The van der Waals surface area contributed by atoms with Crippen molar-refractivity contribution in [3.63, 3.8) is 0 Å². The summed E-state index contributed by atoms with van der Waals surface area (Å²) in [4.78, 5) is 24.7. The number of carbonyl (C=O) groups excluding carboxylic acids is 1. The van der Waals surface area contributed by atoms with Crippen LogP contribution in [0, 0.1) is 5.92 Å². The molecule has 2 aliphatic heterocycles. The van der Waals surface area contributed by atoms with Gasteiger partial charge >= 0.3 is 5.97 Å². The average molecular weight is 316 g/mol. The number of piperidine rings is 1. The van der Waals surface area contributed by atoms with Gasteiger partial charge in [0, 0.05) is 43.1 Å². The van der Waals surface area contributed by atoms with Crippen molar-refractivity contribution >= 4 is 5.97 Å². The summed E-state index contributed by atoms with van der Waals surface area (Å²) in [6.07, 6.45) is 3.28. The molecule has 3 heterocycles. The molecule has 2 aliphatic rings. The maximum atomic E-state index is 12.6. The number of aromatic nitrogens is 1. The molecule has 1 aromatic rings. The average Bonchev–Trinajstić information content (AvgIpc) is 2.48. The summed E-state index contributed by atoms with van der Waals surface area (Å²) in [6.45, 7) is 8.75. The molecule has 5 heteroatoms. The third-order valence-corrected chi connectivity index (χ3v) is 4.83. The van der Waals surface area contributed by atoms with Crippen LogP contribution in [0.3, 0.4) is 0 Å².